The van der Waals surface area contributed by atoms with Crippen LogP contribution < -0.4 is 9.64 Å². The van der Waals surface area contributed by atoms with E-state index >= 15 is 0 Å². The Morgan fingerprint density at radius 3 is 2.45 bits per heavy atom. The Morgan fingerprint density at radius 1 is 0.909 bits per heavy atom. The van der Waals surface area contributed by atoms with Crippen LogP contribution in [0.5, 0.6) is 5.75 Å². The predicted molar refractivity (Wildman–Crippen MR) is 125 cm³/mol. The lowest BCUT2D eigenvalue weighted by Gasteiger charge is -2.36. The van der Waals surface area contributed by atoms with Gasteiger partial charge in [0.15, 0.2) is 5.69 Å². The highest BCUT2D eigenvalue weighted by Crippen LogP contribution is 2.25. The van der Waals surface area contributed by atoms with Crippen molar-refractivity contribution in [1.82, 2.24) is 20.0 Å². The second-order valence-corrected chi connectivity index (χ2v) is 8.35. The fourth-order valence-electron chi connectivity index (χ4n) is 4.54. The van der Waals surface area contributed by atoms with Gasteiger partial charge in [0.05, 0.1) is 13.7 Å². The lowest BCUT2D eigenvalue weighted by molar-refractivity contribution is 0.0709. The number of hydrogen-bond donors (Lipinski definition) is 1. The van der Waals surface area contributed by atoms with Gasteiger partial charge in [-0.1, -0.05) is 24.3 Å². The number of aromatic amines is 1. The second kappa shape index (κ2) is 8.97. The van der Waals surface area contributed by atoms with Gasteiger partial charge in [0.1, 0.15) is 5.75 Å². The minimum atomic E-state index is -0.0735. The number of H-pyrrole nitrogens is 1. The van der Waals surface area contributed by atoms with E-state index in [4.69, 9.17) is 4.74 Å². The van der Waals surface area contributed by atoms with Crippen LogP contribution in [0.1, 0.15) is 32.1 Å². The highest BCUT2D eigenvalue weighted by Gasteiger charge is 2.31. The third kappa shape index (κ3) is 4.16. The van der Waals surface area contributed by atoms with E-state index in [1.54, 1.807) is 24.1 Å². The van der Waals surface area contributed by atoms with Crippen LogP contribution in [0, 0.1) is 0 Å². The largest absolute Gasteiger partial charge is 0.497 e. The Morgan fingerprint density at radius 2 is 1.70 bits per heavy atom. The molecule has 33 heavy (non-hydrogen) atoms. The quantitative estimate of drug-likeness (QED) is 0.668. The molecular weight excluding hydrogens is 418 g/mol. The maximum absolute atomic E-state index is 13.3. The summed E-state index contributed by atoms with van der Waals surface area (Å²) in [6.45, 7) is 3.79. The molecule has 8 heteroatoms. The molecule has 170 valence electrons. The minimum absolute atomic E-state index is 0.0732. The summed E-state index contributed by atoms with van der Waals surface area (Å²) in [6.07, 6.45) is 0.646. The van der Waals surface area contributed by atoms with E-state index in [2.05, 4.69) is 27.2 Å². The Kier molecular flexibility index (Phi) is 5.73. The lowest BCUT2D eigenvalue weighted by atomic mass is 10.0. The molecule has 1 N–H and O–H groups in total. The first-order valence-corrected chi connectivity index (χ1v) is 11.2. The van der Waals surface area contributed by atoms with Gasteiger partial charge < -0.3 is 19.4 Å². The average molecular weight is 446 g/mol. The second-order valence-electron chi connectivity index (χ2n) is 8.35. The molecule has 2 aliphatic rings. The molecular formula is C25H27N5O3. The molecule has 5 rings (SSSR count). The number of methoxy groups -OCH3 is 1. The number of carbonyl (C=O) groups is 2. The zero-order chi connectivity index (χ0) is 22.8. The van der Waals surface area contributed by atoms with Crippen LogP contribution in [0.3, 0.4) is 0 Å². The van der Waals surface area contributed by atoms with Crippen LogP contribution in [0.4, 0.5) is 5.69 Å². The molecule has 0 atom stereocenters. The van der Waals surface area contributed by atoms with Gasteiger partial charge in [-0.25, -0.2) is 0 Å². The number of rotatable bonds is 4. The third-order valence-electron chi connectivity index (χ3n) is 6.43. The standard InChI is InChI=1S/C25H27N5O3/c1-33-20-9-5-6-18(16-20)24(31)30-11-10-22-21(17-30)23(27-26-22)25(32)29-14-12-28(13-15-29)19-7-3-2-4-8-19/h2-9,16H,10-15,17H2,1H3,(H,26,27). The molecule has 2 aliphatic heterocycles. The molecule has 2 amide bonds. The first-order valence-electron chi connectivity index (χ1n) is 11.2. The summed E-state index contributed by atoms with van der Waals surface area (Å²) in [5, 5.41) is 7.39. The molecule has 0 aliphatic carbocycles. The Balaban J connectivity index is 1.28. The fraction of sp³-hybridized carbons (Fsp3) is 0.320. The average Bonchev–Trinajstić information content (AvgIpc) is 3.32. The Bertz CT molecular complexity index is 1150. The van der Waals surface area contributed by atoms with Crippen molar-refractivity contribution in [3.05, 3.63) is 77.1 Å². The number of benzene rings is 2. The number of piperazine rings is 1. The topological polar surface area (TPSA) is 81.8 Å². The van der Waals surface area contributed by atoms with Crippen LogP contribution >= 0.6 is 0 Å². The normalized spacial score (nSPS) is 15.8. The van der Waals surface area contributed by atoms with Crippen LogP contribution in [0.2, 0.25) is 0 Å². The first kappa shape index (κ1) is 21.1. The van der Waals surface area contributed by atoms with Gasteiger partial charge in [-0.2, -0.15) is 5.10 Å². The van der Waals surface area contributed by atoms with Crippen LogP contribution in [0.15, 0.2) is 54.6 Å². The van der Waals surface area contributed by atoms with E-state index < -0.39 is 0 Å². The van der Waals surface area contributed by atoms with Crippen molar-refractivity contribution < 1.29 is 14.3 Å². The fourth-order valence-corrected chi connectivity index (χ4v) is 4.54. The van der Waals surface area contributed by atoms with Gasteiger partial charge >= 0.3 is 0 Å². The molecule has 3 heterocycles. The van der Waals surface area contributed by atoms with E-state index in [0.29, 0.717) is 49.6 Å². The summed E-state index contributed by atoms with van der Waals surface area (Å²) >= 11 is 0. The molecule has 0 unspecified atom stereocenters. The van der Waals surface area contributed by atoms with Gasteiger partial charge in [0, 0.05) is 61.7 Å². The monoisotopic (exact) mass is 445 g/mol. The lowest BCUT2D eigenvalue weighted by Crippen LogP contribution is -2.49. The maximum atomic E-state index is 13.3. The molecule has 2 aromatic carbocycles. The predicted octanol–water partition coefficient (Wildman–Crippen LogP) is 2.58. The van der Waals surface area contributed by atoms with E-state index in [1.165, 1.54) is 5.69 Å². The minimum Gasteiger partial charge on any atom is -0.497 e. The Hall–Kier alpha value is -3.81. The highest BCUT2D eigenvalue weighted by molar-refractivity contribution is 5.96. The van der Waals surface area contributed by atoms with Gasteiger partial charge in [0.2, 0.25) is 0 Å². The number of fused-ring (bicyclic) bond motifs is 1. The molecule has 0 radical (unpaired) electrons. The SMILES string of the molecule is COc1cccc(C(=O)N2CCc3[nH]nc(C(=O)N4CCN(c5ccccc5)CC4)c3C2)c1. The summed E-state index contributed by atoms with van der Waals surface area (Å²) in [6, 6.07) is 17.4. The number of nitrogens with zero attached hydrogens (tertiary/aromatic N) is 4. The molecule has 1 fully saturated rings. The Labute approximate surface area is 192 Å². The summed E-state index contributed by atoms with van der Waals surface area (Å²) < 4.78 is 5.25. The first-order chi connectivity index (χ1) is 16.1. The highest BCUT2D eigenvalue weighted by atomic mass is 16.5. The van der Waals surface area contributed by atoms with Gasteiger partial charge in [-0.05, 0) is 30.3 Å². The number of hydrogen-bond acceptors (Lipinski definition) is 5. The number of nitrogens with one attached hydrogen (secondary N) is 1. The van der Waals surface area contributed by atoms with Gasteiger partial charge in [-0.3, -0.25) is 14.7 Å². The number of para-hydroxylation sites is 1. The summed E-state index contributed by atoms with van der Waals surface area (Å²) in [7, 11) is 1.58. The number of anilines is 1. The van der Waals surface area contributed by atoms with E-state index in [1.807, 2.05) is 35.2 Å². The van der Waals surface area contributed by atoms with Crippen molar-refractivity contribution in [2.45, 2.75) is 13.0 Å². The van der Waals surface area contributed by atoms with Crippen molar-refractivity contribution in [2.24, 2.45) is 0 Å². The van der Waals surface area contributed by atoms with Crippen molar-refractivity contribution >= 4 is 17.5 Å². The zero-order valence-electron chi connectivity index (χ0n) is 18.7. The van der Waals surface area contributed by atoms with E-state index in [-0.39, 0.29) is 11.8 Å². The third-order valence-corrected chi connectivity index (χ3v) is 6.43. The van der Waals surface area contributed by atoms with Crippen LogP contribution in [0.25, 0.3) is 0 Å². The molecule has 0 bridgehead atoms. The van der Waals surface area contributed by atoms with Gasteiger partial charge in [-0.15, -0.1) is 0 Å². The molecule has 0 spiro atoms. The van der Waals surface area contributed by atoms with Crippen molar-refractivity contribution in [1.29, 1.82) is 0 Å². The van der Waals surface area contributed by atoms with Gasteiger partial charge in [0.25, 0.3) is 11.8 Å². The maximum Gasteiger partial charge on any atom is 0.274 e. The number of carbonyl (C=O) groups excluding carboxylic acids is 2. The van der Waals surface area contributed by atoms with Crippen molar-refractivity contribution in [2.75, 3.05) is 44.7 Å². The van der Waals surface area contributed by atoms with Crippen LogP contribution in [-0.2, 0) is 13.0 Å². The summed E-state index contributed by atoms with van der Waals surface area (Å²) in [4.78, 5) is 32.3. The summed E-state index contributed by atoms with van der Waals surface area (Å²) in [5.74, 6) is 0.499. The number of ether oxygens (including phenoxy) is 1. The molecule has 1 aromatic heterocycles. The molecule has 0 saturated carbocycles. The summed E-state index contributed by atoms with van der Waals surface area (Å²) in [5.41, 5.74) is 3.95. The molecule has 3 aromatic rings. The van der Waals surface area contributed by atoms with Crippen LogP contribution in [-0.4, -0.2) is 71.6 Å². The zero-order valence-corrected chi connectivity index (χ0v) is 18.7. The van der Waals surface area contributed by atoms with E-state index in [9.17, 15) is 9.59 Å². The molecule has 8 nitrogen and oxygen atoms in total. The number of aromatic nitrogens is 2. The van der Waals surface area contributed by atoms with Crippen molar-refractivity contribution in [3.63, 3.8) is 0 Å². The van der Waals surface area contributed by atoms with Crippen molar-refractivity contribution in [3.8, 4) is 5.75 Å². The van der Waals surface area contributed by atoms with E-state index in [0.717, 1.165) is 24.3 Å². The smallest absolute Gasteiger partial charge is 0.274 e. The molecule has 1 saturated heterocycles. The number of amides is 2.